The number of amidine groups is 1. The molecule has 0 spiro atoms. The average Bonchev–Trinajstić information content (AvgIpc) is 2.91. The molecule has 1 aromatic rings. The fraction of sp³-hybridized carbons (Fsp3) is 0.400. The van der Waals surface area contributed by atoms with E-state index in [-0.39, 0.29) is 18.2 Å². The lowest BCUT2D eigenvalue weighted by Gasteiger charge is -2.27. The van der Waals surface area contributed by atoms with Gasteiger partial charge < -0.3 is 15.0 Å². The fourth-order valence-electron chi connectivity index (χ4n) is 2.31. The normalized spacial score (nSPS) is 21.3. The van der Waals surface area contributed by atoms with E-state index in [1.807, 2.05) is 17.0 Å². The van der Waals surface area contributed by atoms with Crippen molar-refractivity contribution in [3.8, 4) is 0 Å². The van der Waals surface area contributed by atoms with Crippen LogP contribution in [0, 0.1) is 0 Å². The summed E-state index contributed by atoms with van der Waals surface area (Å²) in [5.41, 5.74) is 0.711. The van der Waals surface area contributed by atoms with Crippen molar-refractivity contribution >= 4 is 50.4 Å². The van der Waals surface area contributed by atoms with Crippen molar-refractivity contribution in [3.05, 3.63) is 28.7 Å². The zero-order valence-electron chi connectivity index (χ0n) is 12.3. The number of ether oxygens (including phenoxy) is 1. The first-order valence-electron chi connectivity index (χ1n) is 7.29. The second kappa shape index (κ2) is 7.46. The summed E-state index contributed by atoms with van der Waals surface area (Å²) in [5.74, 6) is -0.418. The van der Waals surface area contributed by atoms with Crippen LogP contribution >= 0.6 is 27.7 Å². The van der Waals surface area contributed by atoms with Crippen LogP contribution in [0.25, 0.3) is 0 Å². The number of benzene rings is 1. The van der Waals surface area contributed by atoms with Crippen LogP contribution in [0.5, 0.6) is 0 Å². The van der Waals surface area contributed by atoms with Crippen molar-refractivity contribution in [1.29, 1.82) is 0 Å². The minimum atomic E-state index is -0.441. The fourth-order valence-corrected chi connectivity index (χ4v) is 3.69. The zero-order chi connectivity index (χ0) is 16.2. The molecule has 2 aliphatic rings. The van der Waals surface area contributed by atoms with Crippen molar-refractivity contribution in [2.75, 3.05) is 31.6 Å². The van der Waals surface area contributed by atoms with Gasteiger partial charge in [-0.3, -0.25) is 9.59 Å². The number of halogens is 1. The summed E-state index contributed by atoms with van der Waals surface area (Å²) in [6, 6.07) is 7.32. The Morgan fingerprint density at radius 2 is 2.04 bits per heavy atom. The lowest BCUT2D eigenvalue weighted by molar-refractivity contribution is -0.121. The molecule has 0 bridgehead atoms. The van der Waals surface area contributed by atoms with Gasteiger partial charge in [0.15, 0.2) is 5.17 Å². The first-order valence-corrected chi connectivity index (χ1v) is 8.96. The van der Waals surface area contributed by atoms with Gasteiger partial charge in [-0.1, -0.05) is 27.7 Å². The van der Waals surface area contributed by atoms with E-state index < -0.39 is 5.25 Å². The van der Waals surface area contributed by atoms with Gasteiger partial charge >= 0.3 is 0 Å². The summed E-state index contributed by atoms with van der Waals surface area (Å²) in [6.45, 7) is 2.75. The number of nitrogens with zero attached hydrogens (tertiary/aromatic N) is 2. The number of carbonyl (C=O) groups is 2. The van der Waals surface area contributed by atoms with Gasteiger partial charge in [0.2, 0.25) is 5.91 Å². The minimum absolute atomic E-state index is 0.122. The van der Waals surface area contributed by atoms with Crippen LogP contribution in [0.15, 0.2) is 33.7 Å². The third kappa shape index (κ3) is 4.33. The number of thioether (sulfide) groups is 1. The first-order chi connectivity index (χ1) is 11.1. The number of aliphatic imine (C=N–C) groups is 1. The third-order valence-electron chi connectivity index (χ3n) is 3.51. The molecular weight excluding hydrogens is 382 g/mol. The smallest absolute Gasteiger partial charge is 0.262 e. The van der Waals surface area contributed by atoms with Crippen LogP contribution in [-0.4, -0.2) is 53.4 Å². The predicted molar refractivity (Wildman–Crippen MR) is 93.6 cm³/mol. The summed E-state index contributed by atoms with van der Waals surface area (Å²) in [6.07, 6.45) is 0.122. The van der Waals surface area contributed by atoms with Crippen molar-refractivity contribution in [1.82, 2.24) is 4.90 Å². The highest BCUT2D eigenvalue weighted by Gasteiger charge is 2.33. The molecule has 0 saturated carbocycles. The second-order valence-electron chi connectivity index (χ2n) is 5.20. The van der Waals surface area contributed by atoms with Crippen LogP contribution in [-0.2, 0) is 14.3 Å². The Bertz CT molecular complexity index is 629. The number of hydrogen-bond acceptors (Lipinski definition) is 5. The Balaban J connectivity index is 1.53. The Morgan fingerprint density at radius 1 is 1.35 bits per heavy atom. The quantitative estimate of drug-likeness (QED) is 0.845. The molecule has 23 heavy (non-hydrogen) atoms. The van der Waals surface area contributed by atoms with E-state index in [4.69, 9.17) is 4.74 Å². The van der Waals surface area contributed by atoms with Crippen molar-refractivity contribution in [2.24, 2.45) is 4.99 Å². The highest BCUT2D eigenvalue weighted by molar-refractivity contribution is 9.10. The van der Waals surface area contributed by atoms with Gasteiger partial charge in [-0.2, -0.15) is 4.99 Å². The number of nitrogens with one attached hydrogen (secondary N) is 1. The van der Waals surface area contributed by atoms with Gasteiger partial charge in [-0.05, 0) is 24.3 Å². The van der Waals surface area contributed by atoms with Crippen molar-refractivity contribution < 1.29 is 14.3 Å². The maximum Gasteiger partial charge on any atom is 0.262 e. The average molecular weight is 398 g/mol. The Hall–Kier alpha value is -1.38. The van der Waals surface area contributed by atoms with Gasteiger partial charge in [0, 0.05) is 29.7 Å². The lowest BCUT2D eigenvalue weighted by Crippen LogP contribution is -2.39. The molecule has 3 rings (SSSR count). The molecule has 2 amide bonds. The maximum atomic E-state index is 12.1. The Labute approximate surface area is 146 Å². The lowest BCUT2D eigenvalue weighted by atomic mass is 10.2. The first kappa shape index (κ1) is 16.5. The molecule has 122 valence electrons. The largest absolute Gasteiger partial charge is 0.378 e. The molecule has 0 aliphatic carbocycles. The summed E-state index contributed by atoms with van der Waals surface area (Å²) in [4.78, 5) is 30.2. The minimum Gasteiger partial charge on any atom is -0.378 e. The molecule has 1 N–H and O–H groups in total. The van der Waals surface area contributed by atoms with Crippen LogP contribution in [0.4, 0.5) is 5.69 Å². The van der Waals surface area contributed by atoms with Gasteiger partial charge in [-0.25, -0.2) is 0 Å². The van der Waals surface area contributed by atoms with Crippen molar-refractivity contribution in [2.45, 2.75) is 11.7 Å². The van der Waals surface area contributed by atoms with E-state index in [0.29, 0.717) is 24.1 Å². The Morgan fingerprint density at radius 3 is 2.74 bits per heavy atom. The molecule has 1 aromatic carbocycles. The molecule has 0 aromatic heterocycles. The van der Waals surface area contributed by atoms with E-state index >= 15 is 0 Å². The SMILES string of the molecule is O=C(C[C@H]1SC(N2CCOCC2)=NC1=O)Nc1ccc(Br)cc1. The molecular formula is C15H16BrN3O3S. The van der Waals surface area contributed by atoms with E-state index in [9.17, 15) is 9.59 Å². The molecule has 0 unspecified atom stereocenters. The number of anilines is 1. The standard InChI is InChI=1S/C15H16BrN3O3S/c16-10-1-3-11(4-2-10)17-13(20)9-12-14(21)18-15(23-12)19-5-7-22-8-6-19/h1-4,12H,5-9H2,(H,17,20)/t12-/m1/s1. The monoisotopic (exact) mass is 397 g/mol. The Kier molecular flexibility index (Phi) is 5.34. The summed E-state index contributed by atoms with van der Waals surface area (Å²) < 4.78 is 6.24. The van der Waals surface area contributed by atoms with Gasteiger partial charge in [-0.15, -0.1) is 0 Å². The van der Waals surface area contributed by atoms with E-state index in [0.717, 1.165) is 17.6 Å². The molecule has 1 saturated heterocycles. The number of morpholine rings is 1. The molecule has 0 radical (unpaired) electrons. The summed E-state index contributed by atoms with van der Waals surface area (Å²) >= 11 is 4.71. The van der Waals surface area contributed by atoms with Gasteiger partial charge in [0.25, 0.3) is 5.91 Å². The summed E-state index contributed by atoms with van der Waals surface area (Å²) in [7, 11) is 0. The molecule has 1 atom stereocenters. The van der Waals surface area contributed by atoms with E-state index in [1.165, 1.54) is 11.8 Å². The molecule has 1 fully saturated rings. The summed E-state index contributed by atoms with van der Waals surface area (Å²) in [5, 5.41) is 3.07. The highest BCUT2D eigenvalue weighted by Crippen LogP contribution is 2.28. The predicted octanol–water partition coefficient (Wildman–Crippen LogP) is 2.11. The molecule has 2 heterocycles. The molecule has 2 aliphatic heterocycles. The van der Waals surface area contributed by atoms with Gasteiger partial charge in [0.1, 0.15) is 5.25 Å². The van der Waals surface area contributed by atoms with Gasteiger partial charge in [0.05, 0.1) is 13.2 Å². The number of carbonyl (C=O) groups excluding carboxylic acids is 2. The van der Waals surface area contributed by atoms with Crippen molar-refractivity contribution in [3.63, 3.8) is 0 Å². The third-order valence-corrected chi connectivity index (χ3v) is 5.25. The van der Waals surface area contributed by atoms with E-state index in [1.54, 1.807) is 12.1 Å². The van der Waals surface area contributed by atoms with Crippen LogP contribution in [0.3, 0.4) is 0 Å². The van der Waals surface area contributed by atoms with E-state index in [2.05, 4.69) is 26.2 Å². The molecule has 8 heteroatoms. The number of amides is 2. The second-order valence-corrected chi connectivity index (χ2v) is 7.28. The zero-order valence-corrected chi connectivity index (χ0v) is 14.7. The topological polar surface area (TPSA) is 71.0 Å². The highest BCUT2D eigenvalue weighted by atomic mass is 79.9. The van der Waals surface area contributed by atoms with Crippen LogP contribution in [0.2, 0.25) is 0 Å². The number of hydrogen-bond donors (Lipinski definition) is 1. The molecule has 6 nitrogen and oxygen atoms in total. The number of rotatable bonds is 3. The van der Waals surface area contributed by atoms with Crippen LogP contribution in [0.1, 0.15) is 6.42 Å². The van der Waals surface area contributed by atoms with Crippen LogP contribution < -0.4 is 5.32 Å². The maximum absolute atomic E-state index is 12.1.